The number of rotatable bonds is 1. The average Bonchev–Trinajstić information content (AvgIpc) is 2.62. The maximum atomic E-state index is 2.33. The summed E-state index contributed by atoms with van der Waals surface area (Å²) in [4.78, 5) is 0. The molecule has 0 N–H and O–H groups in total. The standard InChI is InChI=1S/C12H14.C3H8/c1-9(2)12-7-10-5-3-4-6-11(10)8-12;1-3-2/h3-7,9H,8H2,1-2H3;3H2,1-2H3. The summed E-state index contributed by atoms with van der Waals surface area (Å²) in [5.41, 5.74) is 4.47. The molecule has 0 heterocycles. The van der Waals surface area contributed by atoms with Crippen molar-refractivity contribution in [3.8, 4) is 0 Å². The largest absolute Gasteiger partial charge is 0.0656 e. The fourth-order valence-corrected chi connectivity index (χ4v) is 1.68. The van der Waals surface area contributed by atoms with Crippen molar-refractivity contribution in [2.45, 2.75) is 40.5 Å². The molecule has 1 aliphatic carbocycles. The second-order valence-electron chi connectivity index (χ2n) is 4.46. The highest BCUT2D eigenvalue weighted by Gasteiger charge is 2.13. The van der Waals surface area contributed by atoms with Gasteiger partial charge in [-0.05, 0) is 23.5 Å². The fourth-order valence-electron chi connectivity index (χ4n) is 1.68. The maximum absolute atomic E-state index is 2.33. The van der Waals surface area contributed by atoms with Gasteiger partial charge >= 0.3 is 0 Å². The summed E-state index contributed by atoms with van der Waals surface area (Å²) in [7, 11) is 0. The molecular weight excluding hydrogens is 180 g/mol. The molecule has 82 valence electrons. The van der Waals surface area contributed by atoms with Crippen LogP contribution < -0.4 is 0 Å². The molecule has 0 radical (unpaired) electrons. The van der Waals surface area contributed by atoms with Crippen molar-refractivity contribution in [1.82, 2.24) is 0 Å². The molecule has 0 aliphatic heterocycles. The quantitative estimate of drug-likeness (QED) is 0.619. The first-order valence-electron chi connectivity index (χ1n) is 5.97. The molecule has 2 rings (SSSR count). The third-order valence-corrected chi connectivity index (χ3v) is 2.53. The molecule has 1 aromatic carbocycles. The Kier molecular flexibility index (Phi) is 4.61. The van der Waals surface area contributed by atoms with Crippen molar-refractivity contribution in [3.05, 3.63) is 41.0 Å². The molecule has 0 heteroatoms. The topological polar surface area (TPSA) is 0 Å². The molecule has 0 aromatic heterocycles. The van der Waals surface area contributed by atoms with Crippen molar-refractivity contribution >= 4 is 6.08 Å². The van der Waals surface area contributed by atoms with Crippen molar-refractivity contribution in [2.24, 2.45) is 5.92 Å². The molecule has 0 saturated carbocycles. The third-order valence-electron chi connectivity index (χ3n) is 2.53. The van der Waals surface area contributed by atoms with Crippen LogP contribution >= 0.6 is 0 Å². The lowest BCUT2D eigenvalue weighted by atomic mass is 10.0. The Balaban J connectivity index is 0.000000337. The number of hydrogen-bond acceptors (Lipinski definition) is 0. The summed E-state index contributed by atoms with van der Waals surface area (Å²) >= 11 is 0. The van der Waals surface area contributed by atoms with E-state index in [0.717, 1.165) is 6.42 Å². The molecule has 0 nitrogen and oxygen atoms in total. The highest BCUT2D eigenvalue weighted by molar-refractivity contribution is 5.63. The summed E-state index contributed by atoms with van der Waals surface area (Å²) in [5, 5.41) is 0. The fraction of sp³-hybridized carbons (Fsp3) is 0.467. The van der Waals surface area contributed by atoms with Gasteiger partial charge < -0.3 is 0 Å². The SMILES string of the molecule is CC(C)C1=Cc2ccccc2C1.CCC. The molecule has 0 amide bonds. The van der Waals surface area contributed by atoms with Crippen LogP contribution in [-0.4, -0.2) is 0 Å². The Labute approximate surface area is 94.0 Å². The summed E-state index contributed by atoms with van der Waals surface area (Å²) < 4.78 is 0. The summed E-state index contributed by atoms with van der Waals surface area (Å²) in [6, 6.07) is 8.65. The van der Waals surface area contributed by atoms with Gasteiger partial charge in [0.2, 0.25) is 0 Å². The zero-order valence-corrected chi connectivity index (χ0v) is 10.4. The molecule has 0 saturated heterocycles. The van der Waals surface area contributed by atoms with Crippen LogP contribution in [0.2, 0.25) is 0 Å². The minimum absolute atomic E-state index is 0.692. The molecule has 0 unspecified atom stereocenters. The third kappa shape index (κ3) is 3.23. The molecule has 0 atom stereocenters. The van der Waals surface area contributed by atoms with Crippen LogP contribution in [0.25, 0.3) is 6.08 Å². The van der Waals surface area contributed by atoms with Gasteiger partial charge in [0.05, 0.1) is 0 Å². The van der Waals surface area contributed by atoms with E-state index in [4.69, 9.17) is 0 Å². The van der Waals surface area contributed by atoms with Gasteiger partial charge in [0.25, 0.3) is 0 Å². The van der Waals surface area contributed by atoms with Crippen molar-refractivity contribution in [1.29, 1.82) is 0 Å². The predicted molar refractivity (Wildman–Crippen MR) is 68.9 cm³/mol. The lowest BCUT2D eigenvalue weighted by Gasteiger charge is -2.04. The first kappa shape index (κ1) is 12.0. The van der Waals surface area contributed by atoms with Crippen molar-refractivity contribution < 1.29 is 0 Å². The van der Waals surface area contributed by atoms with Crippen molar-refractivity contribution in [2.75, 3.05) is 0 Å². The van der Waals surface area contributed by atoms with Crippen LogP contribution in [0, 0.1) is 5.92 Å². The van der Waals surface area contributed by atoms with E-state index < -0.39 is 0 Å². The molecule has 0 bridgehead atoms. The van der Waals surface area contributed by atoms with Crippen LogP contribution in [0.4, 0.5) is 0 Å². The van der Waals surface area contributed by atoms with E-state index >= 15 is 0 Å². The molecule has 15 heavy (non-hydrogen) atoms. The first-order valence-corrected chi connectivity index (χ1v) is 5.97. The smallest absolute Gasteiger partial charge is 0.00553 e. The van der Waals surface area contributed by atoms with Crippen LogP contribution in [0.15, 0.2) is 29.8 Å². The zero-order valence-electron chi connectivity index (χ0n) is 10.4. The Bertz CT molecular complexity index is 332. The molecule has 1 aliphatic rings. The van der Waals surface area contributed by atoms with Crippen LogP contribution in [0.5, 0.6) is 0 Å². The normalized spacial score (nSPS) is 13.0. The van der Waals surface area contributed by atoms with E-state index in [9.17, 15) is 0 Å². The van der Waals surface area contributed by atoms with E-state index in [1.54, 1.807) is 5.57 Å². The summed E-state index contributed by atoms with van der Waals surface area (Å²) in [6.07, 6.45) is 4.74. The second-order valence-corrected chi connectivity index (χ2v) is 4.46. The van der Waals surface area contributed by atoms with E-state index in [-0.39, 0.29) is 0 Å². The maximum Gasteiger partial charge on any atom is -0.00553 e. The van der Waals surface area contributed by atoms with Gasteiger partial charge in [-0.3, -0.25) is 0 Å². The van der Waals surface area contributed by atoms with E-state index in [0.29, 0.717) is 5.92 Å². The van der Waals surface area contributed by atoms with Crippen LogP contribution in [0.1, 0.15) is 45.2 Å². The van der Waals surface area contributed by atoms with Gasteiger partial charge in [0.15, 0.2) is 0 Å². The summed E-state index contributed by atoms with van der Waals surface area (Å²) in [5.74, 6) is 0.692. The highest BCUT2D eigenvalue weighted by Crippen LogP contribution is 2.28. The lowest BCUT2D eigenvalue weighted by molar-refractivity contribution is 0.754. The van der Waals surface area contributed by atoms with Gasteiger partial charge in [0.1, 0.15) is 0 Å². The first-order chi connectivity index (χ1) is 7.19. The van der Waals surface area contributed by atoms with Crippen molar-refractivity contribution in [3.63, 3.8) is 0 Å². The minimum Gasteiger partial charge on any atom is -0.0656 e. The number of allylic oxidation sites excluding steroid dienone is 1. The second kappa shape index (κ2) is 5.75. The predicted octanol–water partition coefficient (Wildman–Crippen LogP) is 4.70. The minimum atomic E-state index is 0.692. The number of benzene rings is 1. The Morgan fingerprint density at radius 2 is 1.73 bits per heavy atom. The lowest BCUT2D eigenvalue weighted by Crippen LogP contribution is -1.92. The van der Waals surface area contributed by atoms with Gasteiger partial charge in [0, 0.05) is 0 Å². The zero-order chi connectivity index (χ0) is 11.3. The molecule has 1 aromatic rings. The van der Waals surface area contributed by atoms with Crippen LogP contribution in [0.3, 0.4) is 0 Å². The van der Waals surface area contributed by atoms with Gasteiger partial charge in [-0.25, -0.2) is 0 Å². The Hall–Kier alpha value is -1.04. The number of hydrogen-bond donors (Lipinski definition) is 0. The molecular formula is C15H22. The Morgan fingerprint density at radius 3 is 2.27 bits per heavy atom. The summed E-state index contributed by atoms with van der Waals surface area (Å²) in [6.45, 7) is 8.77. The van der Waals surface area contributed by atoms with Crippen LogP contribution in [-0.2, 0) is 6.42 Å². The average molecular weight is 202 g/mol. The van der Waals surface area contributed by atoms with E-state index in [1.807, 2.05) is 0 Å². The highest BCUT2D eigenvalue weighted by atomic mass is 14.2. The van der Waals surface area contributed by atoms with Gasteiger partial charge in [-0.2, -0.15) is 0 Å². The van der Waals surface area contributed by atoms with E-state index in [2.05, 4.69) is 58.0 Å². The molecule has 0 spiro atoms. The Morgan fingerprint density at radius 1 is 1.13 bits per heavy atom. The van der Waals surface area contributed by atoms with Gasteiger partial charge in [-0.1, -0.05) is 70.0 Å². The van der Waals surface area contributed by atoms with E-state index in [1.165, 1.54) is 17.5 Å². The van der Waals surface area contributed by atoms with Gasteiger partial charge in [-0.15, -0.1) is 0 Å². The monoisotopic (exact) mass is 202 g/mol. The number of fused-ring (bicyclic) bond motifs is 1. The molecule has 0 fully saturated rings.